The Labute approximate surface area is 65.5 Å². The van der Waals surface area contributed by atoms with Crippen molar-refractivity contribution in [3.05, 3.63) is 6.20 Å². The highest BCUT2D eigenvalue weighted by atomic mass is 32.1. The molecular weight excluding hydrogens is 164 g/mol. The zero-order chi connectivity index (χ0) is 7.68. The van der Waals surface area contributed by atoms with E-state index in [1.807, 2.05) is 0 Å². The van der Waals surface area contributed by atoms with Gasteiger partial charge in [-0.25, -0.2) is 0 Å². The predicted molar refractivity (Wildman–Crippen MR) is 39.7 cm³/mol. The van der Waals surface area contributed by atoms with Crippen LogP contribution in [0.2, 0.25) is 0 Å². The van der Waals surface area contributed by atoms with Crippen LogP contribution in [-0.2, 0) is 0 Å². The summed E-state index contributed by atoms with van der Waals surface area (Å²) < 4.78 is 0. The maximum absolute atomic E-state index is 5.37. The molecule has 0 saturated carbocycles. The van der Waals surface area contributed by atoms with Gasteiger partial charge in [0.2, 0.25) is 5.13 Å². The van der Waals surface area contributed by atoms with Crippen LogP contribution >= 0.6 is 11.3 Å². The van der Waals surface area contributed by atoms with E-state index in [4.69, 9.17) is 5.73 Å². The molecule has 56 valence electrons. The molecule has 0 atom stereocenters. The van der Waals surface area contributed by atoms with E-state index in [2.05, 4.69) is 25.6 Å². The number of anilines is 1. The predicted octanol–water partition coefficient (Wildman–Crippen LogP) is -0.0946. The van der Waals surface area contributed by atoms with Gasteiger partial charge < -0.3 is 5.73 Å². The summed E-state index contributed by atoms with van der Waals surface area (Å²) in [6, 6.07) is 0. The second-order valence-corrected chi connectivity index (χ2v) is 2.81. The van der Waals surface area contributed by atoms with Gasteiger partial charge in [0.15, 0.2) is 5.01 Å². The van der Waals surface area contributed by atoms with E-state index in [-0.39, 0.29) is 0 Å². The van der Waals surface area contributed by atoms with Crippen molar-refractivity contribution in [3.8, 4) is 10.7 Å². The van der Waals surface area contributed by atoms with Crippen LogP contribution in [0.1, 0.15) is 0 Å². The summed E-state index contributed by atoms with van der Waals surface area (Å²) in [7, 11) is 0. The molecule has 0 amide bonds. The third-order valence-electron chi connectivity index (χ3n) is 1.07. The van der Waals surface area contributed by atoms with Gasteiger partial charge in [0, 0.05) is 0 Å². The smallest absolute Gasteiger partial charge is 0.203 e. The fourth-order valence-electron chi connectivity index (χ4n) is 0.643. The lowest BCUT2D eigenvalue weighted by Crippen LogP contribution is -1.80. The fourth-order valence-corrected chi connectivity index (χ4v) is 1.21. The lowest BCUT2D eigenvalue weighted by molar-refractivity contribution is 0.940. The lowest BCUT2D eigenvalue weighted by atomic mass is 10.5. The monoisotopic (exact) mass is 168 g/mol. The van der Waals surface area contributed by atoms with Gasteiger partial charge in [-0.15, -0.1) is 10.2 Å². The van der Waals surface area contributed by atoms with Crippen LogP contribution in [-0.4, -0.2) is 25.6 Å². The summed E-state index contributed by atoms with van der Waals surface area (Å²) in [5.74, 6) is 0. The number of rotatable bonds is 1. The molecule has 3 N–H and O–H groups in total. The normalized spacial score (nSPS) is 10.2. The van der Waals surface area contributed by atoms with E-state index in [0.717, 1.165) is 0 Å². The molecule has 2 aromatic rings. The molecule has 0 aliphatic rings. The topological polar surface area (TPSA) is 93.4 Å². The molecule has 0 radical (unpaired) electrons. The van der Waals surface area contributed by atoms with Crippen LogP contribution in [0, 0.1) is 0 Å². The number of nitrogen functional groups attached to an aromatic ring is 1. The third kappa shape index (κ3) is 1.05. The van der Waals surface area contributed by atoms with Crippen LogP contribution in [0.25, 0.3) is 10.7 Å². The van der Waals surface area contributed by atoms with Gasteiger partial charge >= 0.3 is 0 Å². The Bertz CT molecular complexity index is 337. The molecule has 6 nitrogen and oxygen atoms in total. The van der Waals surface area contributed by atoms with Crippen molar-refractivity contribution in [2.75, 3.05) is 5.73 Å². The molecule has 0 aliphatic heterocycles. The molecule has 0 saturated heterocycles. The highest BCUT2D eigenvalue weighted by Gasteiger charge is 2.05. The summed E-state index contributed by atoms with van der Waals surface area (Å²) in [4.78, 5) is 0. The number of aromatic nitrogens is 5. The summed E-state index contributed by atoms with van der Waals surface area (Å²) in [6.07, 6.45) is 1.57. The maximum Gasteiger partial charge on any atom is 0.203 e. The third-order valence-corrected chi connectivity index (χ3v) is 1.85. The molecule has 0 bridgehead atoms. The number of nitrogens with two attached hydrogens (primary N) is 1. The van der Waals surface area contributed by atoms with Crippen molar-refractivity contribution >= 4 is 16.5 Å². The molecule has 11 heavy (non-hydrogen) atoms. The molecule has 0 aliphatic carbocycles. The zero-order valence-corrected chi connectivity index (χ0v) is 6.17. The number of aromatic amines is 1. The molecule has 0 unspecified atom stereocenters. The quantitative estimate of drug-likeness (QED) is 0.620. The van der Waals surface area contributed by atoms with Gasteiger partial charge in [-0.1, -0.05) is 11.3 Å². The van der Waals surface area contributed by atoms with Crippen LogP contribution in [0.5, 0.6) is 0 Å². The van der Waals surface area contributed by atoms with E-state index in [9.17, 15) is 0 Å². The number of nitrogens with one attached hydrogen (secondary N) is 1. The first-order chi connectivity index (χ1) is 5.36. The van der Waals surface area contributed by atoms with Crippen molar-refractivity contribution in [1.82, 2.24) is 25.6 Å². The standard InChI is InChI=1S/C4H4N6S/c5-4-9-8-3(11-4)2-1-6-10-7-2/h1H,(H2,5,9)(H,6,7,10). The first-order valence-corrected chi connectivity index (χ1v) is 3.63. The van der Waals surface area contributed by atoms with E-state index in [1.165, 1.54) is 11.3 Å². The summed E-state index contributed by atoms with van der Waals surface area (Å²) in [6.45, 7) is 0. The first-order valence-electron chi connectivity index (χ1n) is 2.81. The van der Waals surface area contributed by atoms with E-state index < -0.39 is 0 Å². The molecule has 2 heterocycles. The van der Waals surface area contributed by atoms with Gasteiger partial charge in [0.1, 0.15) is 5.69 Å². The summed E-state index contributed by atoms with van der Waals surface area (Å²) >= 11 is 1.28. The van der Waals surface area contributed by atoms with E-state index in [0.29, 0.717) is 15.8 Å². The Morgan fingerprint density at radius 1 is 1.45 bits per heavy atom. The molecule has 2 aromatic heterocycles. The van der Waals surface area contributed by atoms with E-state index in [1.54, 1.807) is 6.20 Å². The van der Waals surface area contributed by atoms with Gasteiger partial charge in [0.25, 0.3) is 0 Å². The highest BCUT2D eigenvalue weighted by Crippen LogP contribution is 2.20. The second-order valence-electron chi connectivity index (χ2n) is 1.80. The van der Waals surface area contributed by atoms with Crippen molar-refractivity contribution in [1.29, 1.82) is 0 Å². The first kappa shape index (κ1) is 6.23. The number of nitrogens with zero attached hydrogens (tertiary/aromatic N) is 4. The Kier molecular flexibility index (Phi) is 1.29. The molecule has 2 rings (SSSR count). The molecule has 0 aromatic carbocycles. The molecule has 7 heteroatoms. The Balaban J connectivity index is 2.45. The Morgan fingerprint density at radius 2 is 2.36 bits per heavy atom. The number of hydrogen-bond donors (Lipinski definition) is 2. The average molecular weight is 168 g/mol. The lowest BCUT2D eigenvalue weighted by Gasteiger charge is -1.78. The fraction of sp³-hybridized carbons (Fsp3) is 0. The van der Waals surface area contributed by atoms with Crippen molar-refractivity contribution in [2.45, 2.75) is 0 Å². The Hall–Kier alpha value is -1.50. The van der Waals surface area contributed by atoms with Gasteiger partial charge in [-0.2, -0.15) is 15.4 Å². The molecule has 0 spiro atoms. The number of H-pyrrole nitrogens is 1. The maximum atomic E-state index is 5.37. The van der Waals surface area contributed by atoms with Gasteiger partial charge in [-0.3, -0.25) is 0 Å². The van der Waals surface area contributed by atoms with Crippen LogP contribution in [0.3, 0.4) is 0 Å². The van der Waals surface area contributed by atoms with Gasteiger partial charge in [-0.05, 0) is 0 Å². The van der Waals surface area contributed by atoms with Crippen LogP contribution in [0.4, 0.5) is 5.13 Å². The average Bonchev–Trinajstić information content (AvgIpc) is 2.55. The number of hydrogen-bond acceptors (Lipinski definition) is 6. The SMILES string of the molecule is Nc1nnc(-c2cn[nH]n2)s1. The second kappa shape index (κ2) is 2.27. The minimum Gasteiger partial charge on any atom is -0.374 e. The Morgan fingerprint density at radius 3 is 2.91 bits per heavy atom. The van der Waals surface area contributed by atoms with E-state index >= 15 is 0 Å². The highest BCUT2D eigenvalue weighted by molar-refractivity contribution is 7.18. The van der Waals surface area contributed by atoms with Crippen LogP contribution < -0.4 is 5.73 Å². The van der Waals surface area contributed by atoms with Crippen molar-refractivity contribution in [3.63, 3.8) is 0 Å². The van der Waals surface area contributed by atoms with Gasteiger partial charge in [0.05, 0.1) is 6.20 Å². The molecule has 0 fully saturated rings. The van der Waals surface area contributed by atoms with Crippen molar-refractivity contribution in [2.24, 2.45) is 0 Å². The minimum atomic E-state index is 0.433. The van der Waals surface area contributed by atoms with Crippen molar-refractivity contribution < 1.29 is 0 Å². The summed E-state index contributed by atoms with van der Waals surface area (Å²) in [5.41, 5.74) is 6.04. The zero-order valence-electron chi connectivity index (χ0n) is 5.35. The molecular formula is C4H4N6S. The summed E-state index contributed by atoms with van der Waals surface area (Å²) in [5, 5.41) is 18.4. The largest absolute Gasteiger partial charge is 0.374 e. The minimum absolute atomic E-state index is 0.433. The van der Waals surface area contributed by atoms with Crippen LogP contribution in [0.15, 0.2) is 6.20 Å².